The Balaban J connectivity index is 3.04. The van der Waals surface area contributed by atoms with E-state index in [1.807, 2.05) is 0 Å². The first kappa shape index (κ1) is 12.3. The third-order valence-electron chi connectivity index (χ3n) is 1.83. The Bertz CT molecular complexity index is 449. The Morgan fingerprint density at radius 2 is 2.06 bits per heavy atom. The molecule has 0 N–H and O–H groups in total. The van der Waals surface area contributed by atoms with Gasteiger partial charge in [-0.25, -0.2) is 0 Å². The van der Waals surface area contributed by atoms with Crippen molar-refractivity contribution in [2.75, 3.05) is 0 Å². The molecule has 0 spiro atoms. The minimum Gasteiger partial charge on any atom is -0.279 e. The Morgan fingerprint density at radius 1 is 1.38 bits per heavy atom. The van der Waals surface area contributed by atoms with Gasteiger partial charge in [-0.3, -0.25) is 4.79 Å². The van der Waals surface area contributed by atoms with Gasteiger partial charge in [-0.15, -0.1) is 0 Å². The molecule has 0 saturated carbocycles. The molecule has 0 amide bonds. The highest BCUT2D eigenvalue weighted by atomic mass is 19.4. The Kier molecular flexibility index (Phi) is 3.73. The fourth-order valence-corrected chi connectivity index (χ4v) is 1.08. The van der Waals surface area contributed by atoms with Crippen LogP contribution in [-0.2, 0) is 6.18 Å². The van der Waals surface area contributed by atoms with Crippen molar-refractivity contribution in [2.45, 2.75) is 19.5 Å². The lowest BCUT2D eigenvalue weighted by atomic mass is 10.1. The summed E-state index contributed by atoms with van der Waals surface area (Å²) in [5.74, 6) is 4.21. The third kappa shape index (κ3) is 3.13. The molecule has 0 saturated heterocycles. The van der Waals surface area contributed by atoms with Crippen LogP contribution in [0.3, 0.4) is 0 Å². The molecule has 0 bridgehead atoms. The molecular formula is C12H9F3O. The molecule has 0 aliphatic carbocycles. The Labute approximate surface area is 91.3 Å². The molecule has 0 radical (unpaired) electrons. The second-order valence-corrected chi connectivity index (χ2v) is 3.06. The second-order valence-electron chi connectivity index (χ2n) is 3.06. The number of Topliss-reactive ketones (excluding diaryl/α,β-unsaturated/α-hetero) is 1. The van der Waals surface area contributed by atoms with Gasteiger partial charge in [0, 0.05) is 12.0 Å². The molecule has 1 nitrogen and oxygen atoms in total. The van der Waals surface area contributed by atoms with Crippen LogP contribution in [0.5, 0.6) is 0 Å². The van der Waals surface area contributed by atoms with E-state index in [0.717, 1.165) is 12.1 Å². The highest BCUT2D eigenvalue weighted by Gasteiger charge is 2.30. The van der Waals surface area contributed by atoms with E-state index in [1.165, 1.54) is 12.1 Å². The highest BCUT2D eigenvalue weighted by Crippen LogP contribution is 2.29. The standard InChI is InChI=1S/C12H9F3O/c1-2-3-7-11(16)9-5-4-6-10(8-9)12(13,14)15/h4-6,8H,2H2,1H3. The van der Waals surface area contributed by atoms with Crippen molar-refractivity contribution < 1.29 is 18.0 Å². The number of hydrogen-bond acceptors (Lipinski definition) is 1. The van der Waals surface area contributed by atoms with Gasteiger partial charge in [0.05, 0.1) is 5.56 Å². The number of halogens is 3. The summed E-state index contributed by atoms with van der Waals surface area (Å²) in [6, 6.07) is 4.25. The predicted molar refractivity (Wildman–Crippen MR) is 53.8 cm³/mol. The summed E-state index contributed by atoms with van der Waals surface area (Å²) in [7, 11) is 0. The Morgan fingerprint density at radius 3 is 2.62 bits per heavy atom. The summed E-state index contributed by atoms with van der Waals surface area (Å²) in [6.45, 7) is 1.76. The lowest BCUT2D eigenvalue weighted by Gasteiger charge is -2.06. The lowest BCUT2D eigenvalue weighted by Crippen LogP contribution is -2.06. The van der Waals surface area contributed by atoms with Crippen molar-refractivity contribution in [3.05, 3.63) is 35.4 Å². The summed E-state index contributed by atoms with van der Waals surface area (Å²) in [4.78, 5) is 11.3. The van der Waals surface area contributed by atoms with Gasteiger partial charge >= 0.3 is 6.18 Å². The summed E-state index contributed by atoms with van der Waals surface area (Å²) < 4.78 is 37.0. The smallest absolute Gasteiger partial charge is 0.279 e. The maximum atomic E-state index is 12.3. The number of ketones is 1. The first-order valence-corrected chi connectivity index (χ1v) is 4.65. The zero-order valence-electron chi connectivity index (χ0n) is 8.56. The quantitative estimate of drug-likeness (QED) is 0.408. The van der Waals surface area contributed by atoms with Crippen molar-refractivity contribution in [3.63, 3.8) is 0 Å². The fraction of sp³-hybridized carbons (Fsp3) is 0.250. The SMILES string of the molecule is CCC#CC(=O)c1cccc(C(F)(F)F)c1. The third-order valence-corrected chi connectivity index (χ3v) is 1.83. The Hall–Kier alpha value is -1.76. The van der Waals surface area contributed by atoms with Crippen LogP contribution in [0.2, 0.25) is 0 Å². The minimum absolute atomic E-state index is 0.0317. The lowest BCUT2D eigenvalue weighted by molar-refractivity contribution is -0.137. The van der Waals surface area contributed by atoms with E-state index >= 15 is 0 Å². The van der Waals surface area contributed by atoms with Crippen LogP contribution in [-0.4, -0.2) is 5.78 Å². The summed E-state index contributed by atoms with van der Waals surface area (Å²) in [6.07, 6.45) is -3.95. The average molecular weight is 226 g/mol. The van der Waals surface area contributed by atoms with Gasteiger partial charge in [0.25, 0.3) is 0 Å². The van der Waals surface area contributed by atoms with Crippen LogP contribution >= 0.6 is 0 Å². The fourth-order valence-electron chi connectivity index (χ4n) is 1.08. The van der Waals surface area contributed by atoms with Gasteiger partial charge in [0.15, 0.2) is 0 Å². The maximum Gasteiger partial charge on any atom is 0.416 e. The van der Waals surface area contributed by atoms with Gasteiger partial charge in [0.1, 0.15) is 0 Å². The molecule has 0 heterocycles. The number of hydrogen-bond donors (Lipinski definition) is 0. The molecule has 0 fully saturated rings. The van der Waals surface area contributed by atoms with Gasteiger partial charge in [-0.2, -0.15) is 13.2 Å². The zero-order chi connectivity index (χ0) is 12.2. The molecule has 0 aliphatic rings. The van der Waals surface area contributed by atoms with Crippen LogP contribution in [0.4, 0.5) is 13.2 Å². The van der Waals surface area contributed by atoms with Crippen molar-refractivity contribution in [1.82, 2.24) is 0 Å². The molecule has 1 rings (SSSR count). The van der Waals surface area contributed by atoms with Crippen LogP contribution in [0.25, 0.3) is 0 Å². The average Bonchev–Trinajstić information content (AvgIpc) is 2.25. The van der Waals surface area contributed by atoms with Crippen LogP contribution < -0.4 is 0 Å². The zero-order valence-corrected chi connectivity index (χ0v) is 8.56. The molecule has 1 aromatic carbocycles. The van der Waals surface area contributed by atoms with Crippen LogP contribution in [0.15, 0.2) is 24.3 Å². The van der Waals surface area contributed by atoms with Crippen molar-refractivity contribution in [1.29, 1.82) is 0 Å². The molecule has 0 unspecified atom stereocenters. The van der Waals surface area contributed by atoms with Crippen molar-refractivity contribution in [2.24, 2.45) is 0 Å². The largest absolute Gasteiger partial charge is 0.416 e. The number of carbonyl (C=O) groups is 1. The molecule has 0 aromatic heterocycles. The predicted octanol–water partition coefficient (Wildman–Crippen LogP) is 3.30. The van der Waals surface area contributed by atoms with Gasteiger partial charge in [-0.05, 0) is 18.1 Å². The van der Waals surface area contributed by atoms with E-state index in [4.69, 9.17) is 0 Å². The molecule has 4 heteroatoms. The van der Waals surface area contributed by atoms with E-state index < -0.39 is 17.5 Å². The minimum atomic E-state index is -4.44. The van der Waals surface area contributed by atoms with E-state index in [0.29, 0.717) is 6.42 Å². The van der Waals surface area contributed by atoms with E-state index in [1.54, 1.807) is 6.92 Å². The first-order chi connectivity index (χ1) is 7.45. The summed E-state index contributed by atoms with van der Waals surface area (Å²) in [5, 5.41) is 0. The molecule has 84 valence electrons. The van der Waals surface area contributed by atoms with Gasteiger partial charge < -0.3 is 0 Å². The van der Waals surface area contributed by atoms with E-state index in [2.05, 4.69) is 11.8 Å². The maximum absolute atomic E-state index is 12.3. The number of alkyl halides is 3. The molecule has 0 aliphatic heterocycles. The second kappa shape index (κ2) is 4.84. The first-order valence-electron chi connectivity index (χ1n) is 4.65. The number of benzene rings is 1. The summed E-state index contributed by atoms with van der Waals surface area (Å²) >= 11 is 0. The molecule has 1 aromatic rings. The molecular weight excluding hydrogens is 217 g/mol. The van der Waals surface area contributed by atoms with Crippen molar-refractivity contribution in [3.8, 4) is 11.8 Å². The van der Waals surface area contributed by atoms with Crippen molar-refractivity contribution >= 4 is 5.78 Å². The van der Waals surface area contributed by atoms with E-state index in [-0.39, 0.29) is 5.56 Å². The topological polar surface area (TPSA) is 17.1 Å². The van der Waals surface area contributed by atoms with E-state index in [9.17, 15) is 18.0 Å². The van der Waals surface area contributed by atoms with Crippen LogP contribution in [0, 0.1) is 11.8 Å². The van der Waals surface area contributed by atoms with Gasteiger partial charge in [0.2, 0.25) is 5.78 Å². The highest BCUT2D eigenvalue weighted by molar-refractivity contribution is 6.09. The van der Waals surface area contributed by atoms with Gasteiger partial charge in [-0.1, -0.05) is 25.0 Å². The summed E-state index contributed by atoms with van der Waals surface area (Å²) in [5.41, 5.74) is -0.868. The molecule has 16 heavy (non-hydrogen) atoms. The number of rotatable bonds is 1. The van der Waals surface area contributed by atoms with Crippen LogP contribution in [0.1, 0.15) is 29.3 Å². The normalized spacial score (nSPS) is 10.5. The monoisotopic (exact) mass is 226 g/mol. The molecule has 0 atom stereocenters. The number of carbonyl (C=O) groups excluding carboxylic acids is 1.